The molecule has 4 aliphatic carbocycles. The van der Waals surface area contributed by atoms with E-state index in [4.69, 9.17) is 0 Å². The number of H-pyrrole nitrogens is 1. The number of aromatic amines is 1. The summed E-state index contributed by atoms with van der Waals surface area (Å²) in [5.41, 5.74) is 2.47. The van der Waals surface area contributed by atoms with Crippen molar-refractivity contribution in [3.8, 4) is 0 Å². The van der Waals surface area contributed by atoms with Crippen LogP contribution in [0.15, 0.2) is 24.3 Å². The molecule has 4 fully saturated rings. The Labute approximate surface area is 130 Å². The van der Waals surface area contributed by atoms with Crippen molar-refractivity contribution in [3.63, 3.8) is 0 Å². The summed E-state index contributed by atoms with van der Waals surface area (Å²) in [6.07, 6.45) is 8.54. The van der Waals surface area contributed by atoms with Gasteiger partial charge in [0.05, 0.1) is 0 Å². The molecule has 1 heterocycles. The monoisotopic (exact) mass is 298 g/mol. The fourth-order valence-electron chi connectivity index (χ4n) is 5.86. The summed E-state index contributed by atoms with van der Waals surface area (Å²) in [5, 5.41) is 4.99. The van der Waals surface area contributed by atoms with Crippen molar-refractivity contribution >= 4 is 10.9 Å². The van der Waals surface area contributed by atoms with E-state index in [1.165, 1.54) is 50.3 Å². The van der Waals surface area contributed by atoms with Crippen molar-refractivity contribution in [3.05, 3.63) is 35.8 Å². The van der Waals surface area contributed by atoms with Crippen LogP contribution >= 0.6 is 0 Å². The predicted octanol–water partition coefficient (Wildman–Crippen LogP) is 4.37. The van der Waals surface area contributed by atoms with E-state index >= 15 is 0 Å². The third-order valence-corrected chi connectivity index (χ3v) is 6.33. The number of halogens is 1. The first-order valence-electron chi connectivity index (χ1n) is 8.70. The molecule has 0 radical (unpaired) electrons. The number of benzene rings is 1. The van der Waals surface area contributed by atoms with Gasteiger partial charge < -0.3 is 10.3 Å². The van der Waals surface area contributed by atoms with Gasteiger partial charge in [-0.3, -0.25) is 0 Å². The number of aromatic nitrogens is 1. The smallest absolute Gasteiger partial charge is 0.125 e. The first kappa shape index (κ1) is 13.1. The normalized spacial score (nSPS) is 36.3. The van der Waals surface area contributed by atoms with Gasteiger partial charge in [0.15, 0.2) is 0 Å². The minimum Gasteiger partial charge on any atom is -0.357 e. The molecule has 6 rings (SSSR count). The number of hydrogen-bond donors (Lipinski definition) is 2. The number of fused-ring (bicyclic) bond motifs is 1. The zero-order valence-electron chi connectivity index (χ0n) is 12.9. The van der Waals surface area contributed by atoms with Crippen LogP contribution in [0.5, 0.6) is 0 Å². The van der Waals surface area contributed by atoms with Crippen LogP contribution in [-0.4, -0.2) is 10.5 Å². The van der Waals surface area contributed by atoms with Crippen LogP contribution in [0.25, 0.3) is 10.9 Å². The maximum absolute atomic E-state index is 13.3. The fourth-order valence-corrected chi connectivity index (χ4v) is 5.86. The minimum atomic E-state index is -0.171. The van der Waals surface area contributed by atoms with Crippen LogP contribution in [0.2, 0.25) is 0 Å². The van der Waals surface area contributed by atoms with Gasteiger partial charge in [0.25, 0.3) is 0 Å². The molecule has 4 bridgehead atoms. The quantitative estimate of drug-likeness (QED) is 0.865. The van der Waals surface area contributed by atoms with E-state index in [1.54, 1.807) is 6.07 Å². The number of nitrogens with one attached hydrogen (secondary N) is 2. The topological polar surface area (TPSA) is 27.8 Å². The standard InChI is InChI=1S/C19H23FN2/c20-16-2-1-15-6-17(22-18(15)7-16)11-21-19-8-12-3-13(9-19)5-14(4-12)10-19/h1-2,6-7,12-14,21-22H,3-5,8-11H2. The number of hydrogen-bond acceptors (Lipinski definition) is 1. The summed E-state index contributed by atoms with van der Waals surface area (Å²) >= 11 is 0. The second-order valence-corrected chi connectivity index (χ2v) is 8.08. The first-order valence-corrected chi connectivity index (χ1v) is 8.70. The molecule has 2 nitrogen and oxygen atoms in total. The van der Waals surface area contributed by atoms with E-state index in [2.05, 4.69) is 16.4 Å². The summed E-state index contributed by atoms with van der Waals surface area (Å²) in [6.45, 7) is 0.877. The molecule has 2 N–H and O–H groups in total. The van der Waals surface area contributed by atoms with Crippen LogP contribution in [-0.2, 0) is 6.54 Å². The molecule has 0 unspecified atom stereocenters. The van der Waals surface area contributed by atoms with Crippen LogP contribution in [0.1, 0.15) is 44.2 Å². The van der Waals surface area contributed by atoms with Gasteiger partial charge in [0, 0.05) is 23.3 Å². The maximum Gasteiger partial charge on any atom is 0.125 e. The Balaban J connectivity index is 1.35. The lowest BCUT2D eigenvalue weighted by Crippen LogP contribution is -2.58. The van der Waals surface area contributed by atoms with Gasteiger partial charge in [-0.1, -0.05) is 0 Å². The summed E-state index contributed by atoms with van der Waals surface area (Å²) in [4.78, 5) is 3.37. The van der Waals surface area contributed by atoms with Gasteiger partial charge in [-0.05, 0) is 85.9 Å². The molecule has 116 valence electrons. The Kier molecular flexibility index (Phi) is 2.73. The molecule has 4 aliphatic rings. The molecule has 1 aromatic heterocycles. The van der Waals surface area contributed by atoms with Crippen LogP contribution < -0.4 is 5.32 Å². The molecule has 4 saturated carbocycles. The van der Waals surface area contributed by atoms with Gasteiger partial charge in [-0.2, -0.15) is 0 Å². The Morgan fingerprint density at radius 3 is 2.41 bits per heavy atom. The molecular weight excluding hydrogens is 275 g/mol. The van der Waals surface area contributed by atoms with E-state index in [1.807, 2.05) is 6.07 Å². The SMILES string of the molecule is Fc1ccc2cc(CNC34CC5CC(CC(C5)C3)C4)[nH]c2c1. The largest absolute Gasteiger partial charge is 0.357 e. The summed E-state index contributed by atoms with van der Waals surface area (Å²) in [7, 11) is 0. The highest BCUT2D eigenvalue weighted by atomic mass is 19.1. The molecular formula is C19H23FN2. The lowest BCUT2D eigenvalue weighted by atomic mass is 9.53. The van der Waals surface area contributed by atoms with Crippen LogP contribution in [0.3, 0.4) is 0 Å². The second kappa shape index (κ2) is 4.58. The average Bonchev–Trinajstić information content (AvgIpc) is 2.86. The minimum absolute atomic E-state index is 0.171. The fraction of sp³-hybridized carbons (Fsp3) is 0.579. The third-order valence-electron chi connectivity index (χ3n) is 6.33. The highest BCUT2D eigenvalue weighted by Crippen LogP contribution is 2.55. The van der Waals surface area contributed by atoms with Gasteiger partial charge in [-0.15, -0.1) is 0 Å². The van der Waals surface area contributed by atoms with Crippen molar-refractivity contribution < 1.29 is 4.39 Å². The Morgan fingerprint density at radius 2 is 1.73 bits per heavy atom. The van der Waals surface area contributed by atoms with Crippen LogP contribution in [0.4, 0.5) is 4.39 Å². The summed E-state index contributed by atoms with van der Waals surface area (Å²) in [6, 6.07) is 7.13. The summed E-state index contributed by atoms with van der Waals surface area (Å²) in [5.74, 6) is 2.73. The second-order valence-electron chi connectivity index (χ2n) is 8.08. The predicted molar refractivity (Wildman–Crippen MR) is 86.0 cm³/mol. The Hall–Kier alpha value is -1.35. The number of rotatable bonds is 3. The third kappa shape index (κ3) is 2.10. The Morgan fingerprint density at radius 1 is 1.05 bits per heavy atom. The van der Waals surface area contributed by atoms with Gasteiger partial charge >= 0.3 is 0 Å². The van der Waals surface area contributed by atoms with E-state index in [9.17, 15) is 4.39 Å². The van der Waals surface area contributed by atoms with Crippen LogP contribution in [0, 0.1) is 23.6 Å². The molecule has 3 heteroatoms. The van der Waals surface area contributed by atoms with Gasteiger partial charge in [0.2, 0.25) is 0 Å². The van der Waals surface area contributed by atoms with Crippen molar-refractivity contribution in [2.24, 2.45) is 17.8 Å². The van der Waals surface area contributed by atoms with E-state index in [-0.39, 0.29) is 5.82 Å². The Bertz CT molecular complexity index is 682. The summed E-state index contributed by atoms with van der Waals surface area (Å²) < 4.78 is 13.3. The van der Waals surface area contributed by atoms with Crippen molar-refractivity contribution in [1.82, 2.24) is 10.3 Å². The molecule has 2 aromatic rings. The molecule has 0 spiro atoms. The van der Waals surface area contributed by atoms with Gasteiger partial charge in [0.1, 0.15) is 5.82 Å². The highest BCUT2D eigenvalue weighted by Gasteiger charge is 2.50. The first-order chi connectivity index (χ1) is 10.7. The highest BCUT2D eigenvalue weighted by molar-refractivity contribution is 5.80. The zero-order chi connectivity index (χ0) is 14.7. The lowest BCUT2D eigenvalue weighted by molar-refractivity contribution is -0.0207. The molecule has 0 amide bonds. The average molecular weight is 298 g/mol. The maximum atomic E-state index is 13.3. The van der Waals surface area contributed by atoms with Crippen molar-refractivity contribution in [2.75, 3.05) is 0 Å². The zero-order valence-corrected chi connectivity index (χ0v) is 12.9. The lowest BCUT2D eigenvalue weighted by Gasteiger charge is -2.57. The van der Waals surface area contributed by atoms with E-state index < -0.39 is 0 Å². The molecule has 1 aromatic carbocycles. The van der Waals surface area contributed by atoms with Gasteiger partial charge in [-0.25, -0.2) is 4.39 Å². The molecule has 0 atom stereocenters. The molecule has 0 aliphatic heterocycles. The van der Waals surface area contributed by atoms with E-state index in [0.717, 1.165) is 35.2 Å². The van der Waals surface area contributed by atoms with E-state index in [0.29, 0.717) is 5.54 Å². The molecule has 22 heavy (non-hydrogen) atoms. The molecule has 0 saturated heterocycles. The van der Waals surface area contributed by atoms with Crippen molar-refractivity contribution in [2.45, 2.75) is 50.6 Å². The van der Waals surface area contributed by atoms with Crippen molar-refractivity contribution in [1.29, 1.82) is 0 Å².